The van der Waals surface area contributed by atoms with Crippen molar-refractivity contribution in [2.75, 3.05) is 13.1 Å². The summed E-state index contributed by atoms with van der Waals surface area (Å²) >= 11 is 5.25. The molecule has 1 fully saturated rings. The lowest BCUT2D eigenvalue weighted by molar-refractivity contribution is 0.160. The van der Waals surface area contributed by atoms with Crippen molar-refractivity contribution in [1.29, 1.82) is 0 Å². The van der Waals surface area contributed by atoms with E-state index >= 15 is 0 Å². The van der Waals surface area contributed by atoms with Gasteiger partial charge in [-0.15, -0.1) is 0 Å². The minimum atomic E-state index is -0.155. The van der Waals surface area contributed by atoms with E-state index in [-0.39, 0.29) is 11.8 Å². The molecule has 1 aliphatic rings. The molecule has 1 aromatic carbocycles. The standard InChI is InChI=1S/C15H22N2OS/c1-10-5-6-13(18)12(8-10)14(15(16)19)17-7-3-4-11(2)9-17/h5-6,8,11,14,18H,3-4,7,9H2,1-2H3,(H2,16,19). The second-order valence-corrected chi connectivity index (χ2v) is 6.08. The van der Waals surface area contributed by atoms with Crippen LogP contribution in [0.2, 0.25) is 0 Å². The van der Waals surface area contributed by atoms with Gasteiger partial charge in [0.2, 0.25) is 0 Å². The molecular weight excluding hydrogens is 256 g/mol. The quantitative estimate of drug-likeness (QED) is 0.835. The second kappa shape index (κ2) is 5.88. The number of hydrogen-bond donors (Lipinski definition) is 2. The highest BCUT2D eigenvalue weighted by Crippen LogP contribution is 2.32. The molecule has 0 saturated carbocycles. The van der Waals surface area contributed by atoms with Crippen LogP contribution >= 0.6 is 12.2 Å². The Balaban J connectivity index is 2.34. The van der Waals surface area contributed by atoms with Crippen molar-refractivity contribution in [2.45, 2.75) is 32.7 Å². The molecule has 0 aliphatic carbocycles. The van der Waals surface area contributed by atoms with E-state index in [0.717, 1.165) is 30.6 Å². The molecule has 0 aromatic heterocycles. The molecule has 2 rings (SSSR count). The van der Waals surface area contributed by atoms with E-state index in [4.69, 9.17) is 18.0 Å². The topological polar surface area (TPSA) is 49.5 Å². The SMILES string of the molecule is Cc1ccc(O)c(C(C(N)=S)N2CCCC(C)C2)c1. The zero-order valence-corrected chi connectivity index (χ0v) is 12.4. The van der Waals surface area contributed by atoms with Gasteiger partial charge < -0.3 is 10.8 Å². The van der Waals surface area contributed by atoms with Crippen LogP contribution in [-0.2, 0) is 0 Å². The van der Waals surface area contributed by atoms with E-state index in [2.05, 4.69) is 11.8 Å². The van der Waals surface area contributed by atoms with E-state index in [1.54, 1.807) is 6.07 Å². The number of phenolic OH excluding ortho intramolecular Hbond substituents is 1. The predicted octanol–water partition coefficient (Wildman–Crippen LogP) is 2.76. The Morgan fingerprint density at radius 1 is 1.53 bits per heavy atom. The molecule has 1 aromatic rings. The highest BCUT2D eigenvalue weighted by Gasteiger charge is 2.28. The number of rotatable bonds is 3. The number of hydrogen-bond acceptors (Lipinski definition) is 3. The first-order chi connectivity index (χ1) is 8.99. The minimum Gasteiger partial charge on any atom is -0.508 e. The van der Waals surface area contributed by atoms with Crippen LogP contribution in [0, 0.1) is 12.8 Å². The maximum absolute atomic E-state index is 10.1. The van der Waals surface area contributed by atoms with Crippen molar-refractivity contribution in [3.63, 3.8) is 0 Å². The van der Waals surface area contributed by atoms with Crippen molar-refractivity contribution < 1.29 is 5.11 Å². The number of likely N-dealkylation sites (tertiary alicyclic amines) is 1. The van der Waals surface area contributed by atoms with Crippen molar-refractivity contribution in [3.05, 3.63) is 29.3 Å². The largest absolute Gasteiger partial charge is 0.508 e. The molecule has 19 heavy (non-hydrogen) atoms. The van der Waals surface area contributed by atoms with Gasteiger partial charge in [-0.3, -0.25) is 4.90 Å². The maximum Gasteiger partial charge on any atom is 0.120 e. The van der Waals surface area contributed by atoms with Crippen molar-refractivity contribution in [2.24, 2.45) is 11.7 Å². The first kappa shape index (κ1) is 14.3. The summed E-state index contributed by atoms with van der Waals surface area (Å²) in [5, 5.41) is 10.1. The summed E-state index contributed by atoms with van der Waals surface area (Å²) in [5.74, 6) is 0.930. The van der Waals surface area contributed by atoms with E-state index < -0.39 is 0 Å². The Labute approximate surface area is 120 Å². The summed E-state index contributed by atoms with van der Waals surface area (Å²) in [6.07, 6.45) is 2.41. The third-order valence-corrected chi connectivity index (χ3v) is 4.02. The van der Waals surface area contributed by atoms with Crippen LogP contribution in [0.5, 0.6) is 5.75 Å². The average molecular weight is 278 g/mol. The molecule has 4 heteroatoms. The number of thiocarbonyl (C=S) groups is 1. The number of aryl methyl sites for hydroxylation is 1. The van der Waals surface area contributed by atoms with Gasteiger partial charge in [-0.2, -0.15) is 0 Å². The Bertz CT molecular complexity index is 475. The van der Waals surface area contributed by atoms with Crippen molar-refractivity contribution in [1.82, 2.24) is 4.90 Å². The monoisotopic (exact) mass is 278 g/mol. The molecule has 0 bridgehead atoms. The summed E-state index contributed by atoms with van der Waals surface area (Å²) < 4.78 is 0. The molecule has 1 heterocycles. The molecule has 104 valence electrons. The van der Waals surface area contributed by atoms with Crippen LogP contribution in [0.4, 0.5) is 0 Å². The van der Waals surface area contributed by atoms with Gasteiger partial charge in [0.25, 0.3) is 0 Å². The van der Waals surface area contributed by atoms with Gasteiger partial charge in [0.1, 0.15) is 5.75 Å². The van der Waals surface area contributed by atoms with E-state index in [1.165, 1.54) is 6.42 Å². The summed E-state index contributed by atoms with van der Waals surface area (Å²) in [7, 11) is 0. The third kappa shape index (κ3) is 3.25. The molecule has 0 radical (unpaired) electrons. The molecule has 1 aliphatic heterocycles. The van der Waals surface area contributed by atoms with E-state index in [0.29, 0.717) is 10.9 Å². The highest BCUT2D eigenvalue weighted by molar-refractivity contribution is 7.80. The summed E-state index contributed by atoms with van der Waals surface area (Å²) in [5.41, 5.74) is 7.89. The number of aromatic hydroxyl groups is 1. The average Bonchev–Trinajstić information content (AvgIpc) is 2.33. The van der Waals surface area contributed by atoms with Crippen molar-refractivity contribution in [3.8, 4) is 5.75 Å². The Morgan fingerprint density at radius 3 is 2.89 bits per heavy atom. The fraction of sp³-hybridized carbons (Fsp3) is 0.533. The smallest absolute Gasteiger partial charge is 0.120 e. The molecule has 0 amide bonds. The molecular formula is C15H22N2OS. The van der Waals surface area contributed by atoms with Gasteiger partial charge in [-0.05, 0) is 38.3 Å². The van der Waals surface area contributed by atoms with Crippen LogP contribution < -0.4 is 5.73 Å². The molecule has 1 saturated heterocycles. The van der Waals surface area contributed by atoms with Gasteiger partial charge in [0.15, 0.2) is 0 Å². The van der Waals surface area contributed by atoms with Crippen molar-refractivity contribution >= 4 is 17.2 Å². The molecule has 2 atom stereocenters. The normalized spacial score (nSPS) is 22.1. The van der Waals surface area contributed by atoms with Crippen LogP contribution in [-0.4, -0.2) is 28.1 Å². The summed E-state index contributed by atoms with van der Waals surface area (Å²) in [4.78, 5) is 2.74. The minimum absolute atomic E-state index is 0.155. The second-order valence-electron chi connectivity index (χ2n) is 5.61. The van der Waals surface area contributed by atoms with Gasteiger partial charge in [0.05, 0.1) is 11.0 Å². The number of benzene rings is 1. The van der Waals surface area contributed by atoms with Gasteiger partial charge in [-0.25, -0.2) is 0 Å². The number of piperidine rings is 1. The Hall–Kier alpha value is -1.13. The van der Waals surface area contributed by atoms with Crippen LogP contribution in [0.1, 0.15) is 36.9 Å². The maximum atomic E-state index is 10.1. The lowest BCUT2D eigenvalue weighted by Gasteiger charge is -2.37. The van der Waals surface area contributed by atoms with Crippen LogP contribution in [0.15, 0.2) is 18.2 Å². The number of phenols is 1. The van der Waals surface area contributed by atoms with E-state index in [9.17, 15) is 5.11 Å². The fourth-order valence-corrected chi connectivity index (χ4v) is 3.16. The van der Waals surface area contributed by atoms with Crippen LogP contribution in [0.25, 0.3) is 0 Å². The molecule has 3 N–H and O–H groups in total. The summed E-state index contributed by atoms with van der Waals surface area (Å²) in [6.45, 7) is 6.23. The lowest BCUT2D eigenvalue weighted by atomic mass is 9.95. The molecule has 2 unspecified atom stereocenters. The first-order valence-electron chi connectivity index (χ1n) is 6.82. The molecule has 3 nitrogen and oxygen atoms in total. The van der Waals surface area contributed by atoms with Gasteiger partial charge in [0, 0.05) is 12.1 Å². The zero-order chi connectivity index (χ0) is 14.0. The fourth-order valence-electron chi connectivity index (χ4n) is 2.88. The van der Waals surface area contributed by atoms with Gasteiger partial charge >= 0.3 is 0 Å². The predicted molar refractivity (Wildman–Crippen MR) is 82.3 cm³/mol. The third-order valence-electron chi connectivity index (χ3n) is 3.80. The number of nitrogens with two attached hydrogens (primary N) is 1. The lowest BCUT2D eigenvalue weighted by Crippen LogP contribution is -2.42. The van der Waals surface area contributed by atoms with Crippen LogP contribution in [0.3, 0.4) is 0 Å². The summed E-state index contributed by atoms with van der Waals surface area (Å²) in [6, 6.07) is 5.45. The Morgan fingerprint density at radius 2 is 2.26 bits per heavy atom. The first-order valence-corrected chi connectivity index (χ1v) is 7.22. The molecule has 0 spiro atoms. The highest BCUT2D eigenvalue weighted by atomic mass is 32.1. The number of nitrogens with zero attached hydrogens (tertiary/aromatic N) is 1. The van der Waals surface area contributed by atoms with Gasteiger partial charge in [-0.1, -0.05) is 36.8 Å². The zero-order valence-electron chi connectivity index (χ0n) is 11.6. The van der Waals surface area contributed by atoms with E-state index in [1.807, 2.05) is 19.1 Å². The Kier molecular flexibility index (Phi) is 4.42.